The Morgan fingerprint density at radius 3 is 2.25 bits per heavy atom. The second kappa shape index (κ2) is 7.20. The third-order valence-electron chi connectivity index (χ3n) is 6.68. The lowest BCUT2D eigenvalue weighted by Gasteiger charge is -2.36. The van der Waals surface area contributed by atoms with Crippen molar-refractivity contribution in [1.82, 2.24) is 4.31 Å². The zero-order valence-electron chi connectivity index (χ0n) is 17.1. The predicted molar refractivity (Wildman–Crippen MR) is 114 cm³/mol. The van der Waals surface area contributed by atoms with Crippen LogP contribution in [0.3, 0.4) is 0 Å². The number of benzene rings is 2. The molecule has 0 amide bonds. The van der Waals surface area contributed by atoms with Crippen LogP contribution in [0, 0.1) is 0 Å². The van der Waals surface area contributed by atoms with Gasteiger partial charge in [0.1, 0.15) is 0 Å². The lowest BCUT2D eigenvalue weighted by molar-refractivity contribution is 0.307. The summed E-state index contributed by atoms with van der Waals surface area (Å²) in [6, 6.07) is 16.5. The third-order valence-corrected chi connectivity index (χ3v) is 8.51. The molecule has 5 heteroatoms. The number of anilines is 1. The van der Waals surface area contributed by atoms with E-state index in [0.29, 0.717) is 4.90 Å². The maximum absolute atomic E-state index is 12.4. The van der Waals surface area contributed by atoms with E-state index < -0.39 is 10.0 Å². The quantitative estimate of drug-likeness (QED) is 0.748. The fourth-order valence-electron chi connectivity index (χ4n) is 4.98. The first kappa shape index (κ1) is 19.5. The Labute approximate surface area is 169 Å². The minimum Gasteiger partial charge on any atom is -0.364 e. The van der Waals surface area contributed by atoms with Crippen molar-refractivity contribution in [2.45, 2.75) is 55.4 Å². The Morgan fingerprint density at radius 2 is 1.61 bits per heavy atom. The van der Waals surface area contributed by atoms with Crippen molar-refractivity contribution in [2.24, 2.45) is 0 Å². The third kappa shape index (κ3) is 3.15. The number of hydrogen-bond donors (Lipinski definition) is 0. The highest BCUT2D eigenvalue weighted by molar-refractivity contribution is 7.89. The van der Waals surface area contributed by atoms with Gasteiger partial charge in [-0.05, 0) is 49.1 Å². The van der Waals surface area contributed by atoms with Crippen LogP contribution in [0.25, 0.3) is 0 Å². The molecule has 2 aliphatic rings. The van der Waals surface area contributed by atoms with E-state index in [1.165, 1.54) is 47.7 Å². The molecular formula is C23H30N2O2S. The molecule has 28 heavy (non-hydrogen) atoms. The Kier molecular flexibility index (Phi) is 5.00. The van der Waals surface area contributed by atoms with E-state index in [2.05, 4.69) is 36.1 Å². The van der Waals surface area contributed by atoms with Crippen LogP contribution in [0.4, 0.5) is 5.69 Å². The van der Waals surface area contributed by atoms with Gasteiger partial charge in [0.15, 0.2) is 0 Å². The van der Waals surface area contributed by atoms with Crippen molar-refractivity contribution >= 4 is 15.7 Å². The van der Waals surface area contributed by atoms with Gasteiger partial charge in [0.2, 0.25) is 10.0 Å². The van der Waals surface area contributed by atoms with Gasteiger partial charge in [-0.1, -0.05) is 49.6 Å². The molecule has 0 saturated heterocycles. The summed E-state index contributed by atoms with van der Waals surface area (Å²) in [5.41, 5.74) is 4.30. The van der Waals surface area contributed by atoms with E-state index in [9.17, 15) is 8.42 Å². The highest BCUT2D eigenvalue weighted by atomic mass is 32.2. The van der Waals surface area contributed by atoms with E-state index in [1.54, 1.807) is 26.2 Å². The highest BCUT2D eigenvalue weighted by Crippen LogP contribution is 2.51. The normalized spacial score (nSPS) is 19.8. The number of hydrogen-bond acceptors (Lipinski definition) is 3. The first-order chi connectivity index (χ1) is 13.3. The maximum Gasteiger partial charge on any atom is 0.242 e. The molecule has 1 unspecified atom stereocenters. The topological polar surface area (TPSA) is 40.6 Å². The van der Waals surface area contributed by atoms with Gasteiger partial charge in [0.25, 0.3) is 0 Å². The second-order valence-corrected chi connectivity index (χ2v) is 10.7. The van der Waals surface area contributed by atoms with Gasteiger partial charge < -0.3 is 4.90 Å². The molecule has 0 bridgehead atoms. The minimum atomic E-state index is -3.39. The summed E-state index contributed by atoms with van der Waals surface area (Å²) in [6.45, 7) is 3.29. The smallest absolute Gasteiger partial charge is 0.242 e. The highest BCUT2D eigenvalue weighted by Gasteiger charge is 2.44. The second-order valence-electron chi connectivity index (χ2n) is 8.52. The molecule has 4 nitrogen and oxygen atoms in total. The van der Waals surface area contributed by atoms with Gasteiger partial charge in [-0.15, -0.1) is 0 Å². The SMILES string of the molecule is CC(c1ccc(S(=O)(=O)N(C)C)cc1)N1CC2(CCCCC2)c2ccccc21. The first-order valence-corrected chi connectivity index (χ1v) is 11.7. The van der Waals surface area contributed by atoms with Gasteiger partial charge >= 0.3 is 0 Å². The first-order valence-electron chi connectivity index (χ1n) is 10.2. The molecule has 0 N–H and O–H groups in total. The molecule has 4 rings (SSSR count). The molecule has 1 fully saturated rings. The van der Waals surface area contributed by atoms with Crippen LogP contribution in [-0.4, -0.2) is 33.4 Å². The van der Waals surface area contributed by atoms with E-state index >= 15 is 0 Å². The molecule has 1 spiro atoms. The summed E-state index contributed by atoms with van der Waals surface area (Å²) in [4.78, 5) is 2.87. The van der Waals surface area contributed by atoms with Crippen LogP contribution in [0.2, 0.25) is 0 Å². The number of rotatable bonds is 4. The standard InChI is InChI=1S/C23H30N2O2S/c1-18(19-11-13-20(14-12-19)28(26,27)24(2)3)25-17-23(15-7-4-8-16-23)21-9-5-6-10-22(21)25/h5-6,9-14,18H,4,7-8,15-17H2,1-3H3. The molecule has 0 radical (unpaired) electrons. The van der Waals surface area contributed by atoms with Crippen LogP contribution < -0.4 is 4.90 Å². The summed E-state index contributed by atoms with van der Waals surface area (Å²) in [5, 5.41) is 0. The van der Waals surface area contributed by atoms with E-state index in [1.807, 2.05) is 12.1 Å². The van der Waals surface area contributed by atoms with Crippen molar-refractivity contribution in [1.29, 1.82) is 0 Å². The molecular weight excluding hydrogens is 368 g/mol. The van der Waals surface area contributed by atoms with E-state index in [4.69, 9.17) is 0 Å². The van der Waals surface area contributed by atoms with E-state index in [-0.39, 0.29) is 11.5 Å². The summed E-state index contributed by atoms with van der Waals surface area (Å²) >= 11 is 0. The van der Waals surface area contributed by atoms with Gasteiger partial charge in [0, 0.05) is 31.7 Å². The monoisotopic (exact) mass is 398 g/mol. The Hall–Kier alpha value is -1.85. The molecule has 1 saturated carbocycles. The van der Waals surface area contributed by atoms with Gasteiger partial charge in [-0.2, -0.15) is 0 Å². The van der Waals surface area contributed by atoms with Crippen LogP contribution in [-0.2, 0) is 15.4 Å². The molecule has 1 aliphatic heterocycles. The van der Waals surface area contributed by atoms with Crippen LogP contribution >= 0.6 is 0 Å². The number of sulfonamides is 1. The maximum atomic E-state index is 12.4. The fourth-order valence-corrected chi connectivity index (χ4v) is 5.88. The van der Waals surface area contributed by atoms with Gasteiger partial charge in [-0.25, -0.2) is 12.7 Å². The Bertz CT molecular complexity index is 945. The zero-order valence-corrected chi connectivity index (χ0v) is 17.9. The predicted octanol–water partition coefficient (Wildman–Crippen LogP) is 4.72. The van der Waals surface area contributed by atoms with Crippen molar-refractivity contribution in [3.8, 4) is 0 Å². The molecule has 2 aromatic rings. The van der Waals surface area contributed by atoms with Crippen LogP contribution in [0.15, 0.2) is 53.4 Å². The minimum absolute atomic E-state index is 0.207. The summed E-state index contributed by atoms with van der Waals surface area (Å²) < 4.78 is 26.0. The van der Waals surface area contributed by atoms with Crippen LogP contribution in [0.1, 0.15) is 56.2 Å². The van der Waals surface area contributed by atoms with Gasteiger partial charge in [-0.3, -0.25) is 0 Å². The lowest BCUT2D eigenvalue weighted by atomic mass is 9.71. The molecule has 1 atom stereocenters. The van der Waals surface area contributed by atoms with Crippen molar-refractivity contribution in [2.75, 3.05) is 25.5 Å². The number of nitrogens with zero attached hydrogens (tertiary/aromatic N) is 2. The fraction of sp³-hybridized carbons (Fsp3) is 0.478. The average molecular weight is 399 g/mol. The zero-order chi connectivity index (χ0) is 19.9. The van der Waals surface area contributed by atoms with E-state index in [0.717, 1.165) is 12.1 Å². The van der Waals surface area contributed by atoms with Crippen molar-refractivity contribution < 1.29 is 8.42 Å². The van der Waals surface area contributed by atoms with Crippen molar-refractivity contribution in [3.05, 3.63) is 59.7 Å². The molecule has 2 aromatic carbocycles. The average Bonchev–Trinajstić information content (AvgIpc) is 3.02. The number of para-hydroxylation sites is 1. The summed E-state index contributed by atoms with van der Waals surface area (Å²) in [5.74, 6) is 0. The lowest BCUT2D eigenvalue weighted by Crippen LogP contribution is -2.36. The Balaban J connectivity index is 1.64. The van der Waals surface area contributed by atoms with Gasteiger partial charge in [0.05, 0.1) is 10.9 Å². The molecule has 1 aliphatic carbocycles. The molecule has 1 heterocycles. The van der Waals surface area contributed by atoms with Crippen LogP contribution in [0.5, 0.6) is 0 Å². The Morgan fingerprint density at radius 1 is 0.964 bits per heavy atom. The molecule has 150 valence electrons. The van der Waals surface area contributed by atoms with Crippen molar-refractivity contribution in [3.63, 3.8) is 0 Å². The molecule has 0 aromatic heterocycles. The number of fused-ring (bicyclic) bond motifs is 2. The largest absolute Gasteiger partial charge is 0.364 e. The summed E-state index contributed by atoms with van der Waals surface area (Å²) in [7, 11) is -0.257. The summed E-state index contributed by atoms with van der Waals surface area (Å²) in [6.07, 6.45) is 6.52.